The van der Waals surface area contributed by atoms with E-state index in [-0.39, 0.29) is 23.9 Å². The number of fused-ring (bicyclic) bond motifs is 1. The Balaban J connectivity index is 1.66. The van der Waals surface area contributed by atoms with Crippen LogP contribution in [0.5, 0.6) is 0 Å². The quantitative estimate of drug-likeness (QED) is 0.685. The van der Waals surface area contributed by atoms with Gasteiger partial charge in [0.1, 0.15) is 17.5 Å². The molecule has 9 heteroatoms. The third kappa shape index (κ3) is 3.10. The van der Waals surface area contributed by atoms with E-state index in [1.165, 1.54) is 4.31 Å². The van der Waals surface area contributed by atoms with Crippen molar-refractivity contribution < 1.29 is 17.2 Å². The molecule has 1 saturated heterocycles. The van der Waals surface area contributed by atoms with Crippen LogP contribution in [0.25, 0.3) is 11.0 Å². The molecule has 1 atom stereocenters. The van der Waals surface area contributed by atoms with Crippen molar-refractivity contribution in [1.29, 1.82) is 0 Å². The van der Waals surface area contributed by atoms with Gasteiger partial charge in [0, 0.05) is 37.8 Å². The van der Waals surface area contributed by atoms with Crippen LogP contribution in [-0.2, 0) is 16.6 Å². The minimum Gasteiger partial charge on any atom is -0.327 e. The largest absolute Gasteiger partial charge is 0.327 e. The molecule has 0 radical (unpaired) electrons. The lowest BCUT2D eigenvalue weighted by atomic mass is 10.1. The second kappa shape index (κ2) is 6.65. The van der Waals surface area contributed by atoms with Crippen LogP contribution in [0.4, 0.5) is 8.78 Å². The van der Waals surface area contributed by atoms with Gasteiger partial charge in [-0.1, -0.05) is 0 Å². The Bertz CT molecular complexity index is 1090. The highest BCUT2D eigenvalue weighted by molar-refractivity contribution is 7.89. The molecule has 0 N–H and O–H groups in total. The van der Waals surface area contributed by atoms with Gasteiger partial charge in [0.05, 0.1) is 22.1 Å². The van der Waals surface area contributed by atoms with Gasteiger partial charge in [0.15, 0.2) is 0 Å². The lowest BCUT2D eigenvalue weighted by molar-refractivity contribution is 0.467. The summed E-state index contributed by atoms with van der Waals surface area (Å²) in [7, 11) is -3.97. The predicted octanol–water partition coefficient (Wildman–Crippen LogP) is 2.91. The van der Waals surface area contributed by atoms with Crippen molar-refractivity contribution in [3.05, 3.63) is 54.1 Å². The van der Waals surface area contributed by atoms with Crippen molar-refractivity contribution in [1.82, 2.24) is 18.8 Å². The standard InChI is InChI=1S/C18H18F2N4O2S/c1-2-24-17-10-21-5-3-16(17)22-18(24)12-4-6-23(11-12)27(25,26)15-8-13(19)7-14(20)9-15/h3,5,7-10,12H,2,4,6,11H2,1H3. The molecule has 1 unspecified atom stereocenters. The van der Waals surface area contributed by atoms with E-state index < -0.39 is 21.7 Å². The van der Waals surface area contributed by atoms with E-state index in [1.54, 1.807) is 12.4 Å². The zero-order chi connectivity index (χ0) is 19.2. The molecule has 1 fully saturated rings. The molecule has 0 saturated carbocycles. The first-order valence-electron chi connectivity index (χ1n) is 8.66. The number of sulfonamides is 1. The lowest BCUT2D eigenvalue weighted by Gasteiger charge is -2.17. The number of pyridine rings is 1. The van der Waals surface area contributed by atoms with Gasteiger partial charge in [-0.3, -0.25) is 4.98 Å². The molecule has 1 aromatic carbocycles. The summed E-state index contributed by atoms with van der Waals surface area (Å²) in [5, 5.41) is 0. The normalized spacial score (nSPS) is 18.4. The van der Waals surface area contributed by atoms with Gasteiger partial charge in [0.2, 0.25) is 10.0 Å². The van der Waals surface area contributed by atoms with E-state index in [0.717, 1.165) is 29.0 Å². The van der Waals surface area contributed by atoms with Crippen molar-refractivity contribution in [3.8, 4) is 0 Å². The van der Waals surface area contributed by atoms with Gasteiger partial charge < -0.3 is 4.57 Å². The van der Waals surface area contributed by atoms with E-state index in [0.29, 0.717) is 19.0 Å². The van der Waals surface area contributed by atoms with Gasteiger partial charge in [-0.2, -0.15) is 4.31 Å². The van der Waals surface area contributed by atoms with Crippen LogP contribution in [0.2, 0.25) is 0 Å². The number of hydrogen-bond acceptors (Lipinski definition) is 4. The summed E-state index contributed by atoms with van der Waals surface area (Å²) < 4.78 is 55.8. The molecule has 3 heterocycles. The summed E-state index contributed by atoms with van der Waals surface area (Å²) in [5.41, 5.74) is 1.72. The predicted molar refractivity (Wildman–Crippen MR) is 95.7 cm³/mol. The van der Waals surface area contributed by atoms with Crippen LogP contribution in [0, 0.1) is 11.6 Å². The van der Waals surface area contributed by atoms with Crippen molar-refractivity contribution in [2.45, 2.75) is 30.7 Å². The summed E-state index contributed by atoms with van der Waals surface area (Å²) in [6.07, 6.45) is 4.01. The van der Waals surface area contributed by atoms with Gasteiger partial charge in [-0.05, 0) is 31.5 Å². The van der Waals surface area contributed by atoms with Crippen LogP contribution in [0.3, 0.4) is 0 Å². The number of imidazole rings is 1. The monoisotopic (exact) mass is 392 g/mol. The average molecular weight is 392 g/mol. The lowest BCUT2D eigenvalue weighted by Crippen LogP contribution is -2.29. The summed E-state index contributed by atoms with van der Waals surface area (Å²) in [4.78, 5) is 8.43. The minimum absolute atomic E-state index is 0.0921. The van der Waals surface area contributed by atoms with E-state index in [2.05, 4.69) is 9.97 Å². The van der Waals surface area contributed by atoms with Crippen molar-refractivity contribution in [3.63, 3.8) is 0 Å². The maximum Gasteiger partial charge on any atom is 0.243 e. The summed E-state index contributed by atoms with van der Waals surface area (Å²) in [6.45, 7) is 3.18. The number of benzene rings is 1. The van der Waals surface area contributed by atoms with Crippen LogP contribution in [0.1, 0.15) is 25.1 Å². The van der Waals surface area contributed by atoms with Crippen molar-refractivity contribution in [2.75, 3.05) is 13.1 Å². The molecule has 3 aromatic rings. The topological polar surface area (TPSA) is 68.1 Å². The van der Waals surface area contributed by atoms with Crippen molar-refractivity contribution >= 4 is 21.1 Å². The Labute approximate surface area is 155 Å². The van der Waals surface area contributed by atoms with Crippen LogP contribution < -0.4 is 0 Å². The number of halogens is 2. The fourth-order valence-electron chi connectivity index (χ4n) is 3.62. The Morgan fingerprint density at radius 3 is 2.67 bits per heavy atom. The number of hydrogen-bond donors (Lipinski definition) is 0. The smallest absolute Gasteiger partial charge is 0.243 e. The van der Waals surface area contributed by atoms with E-state index in [4.69, 9.17) is 0 Å². The number of aromatic nitrogens is 3. The summed E-state index contributed by atoms with van der Waals surface area (Å²) >= 11 is 0. The summed E-state index contributed by atoms with van der Waals surface area (Å²) in [5.74, 6) is -1.11. The Morgan fingerprint density at radius 1 is 1.22 bits per heavy atom. The van der Waals surface area contributed by atoms with Crippen molar-refractivity contribution in [2.24, 2.45) is 0 Å². The molecule has 1 aliphatic rings. The molecular formula is C18H18F2N4O2S. The zero-order valence-electron chi connectivity index (χ0n) is 14.6. The molecule has 0 aliphatic carbocycles. The zero-order valence-corrected chi connectivity index (χ0v) is 15.5. The molecule has 1 aliphatic heterocycles. The van der Waals surface area contributed by atoms with Crippen LogP contribution in [0.15, 0.2) is 41.6 Å². The number of aryl methyl sites for hydroxylation is 1. The molecule has 4 rings (SSSR count). The molecule has 142 valence electrons. The number of nitrogens with zero attached hydrogens (tertiary/aromatic N) is 4. The fraction of sp³-hybridized carbons (Fsp3) is 0.333. The molecule has 6 nitrogen and oxygen atoms in total. The SMILES string of the molecule is CCn1c(C2CCN(S(=O)(=O)c3cc(F)cc(F)c3)C2)nc2ccncc21. The summed E-state index contributed by atoms with van der Waals surface area (Å²) in [6, 6.07) is 4.17. The Morgan fingerprint density at radius 2 is 1.96 bits per heavy atom. The fourth-order valence-corrected chi connectivity index (χ4v) is 5.16. The van der Waals surface area contributed by atoms with Crippen LogP contribution in [-0.4, -0.2) is 40.3 Å². The maximum absolute atomic E-state index is 13.5. The molecule has 0 amide bonds. The molecule has 0 bridgehead atoms. The highest BCUT2D eigenvalue weighted by Crippen LogP contribution is 2.32. The second-order valence-electron chi connectivity index (χ2n) is 6.53. The molecule has 27 heavy (non-hydrogen) atoms. The first-order valence-corrected chi connectivity index (χ1v) is 10.1. The van der Waals surface area contributed by atoms with E-state index in [1.807, 2.05) is 17.6 Å². The van der Waals surface area contributed by atoms with E-state index in [9.17, 15) is 17.2 Å². The van der Waals surface area contributed by atoms with Crippen LogP contribution >= 0.6 is 0 Å². The minimum atomic E-state index is -3.97. The Kier molecular flexibility index (Phi) is 4.43. The Hall–Kier alpha value is -2.39. The van der Waals surface area contributed by atoms with Gasteiger partial charge in [-0.25, -0.2) is 22.2 Å². The van der Waals surface area contributed by atoms with Gasteiger partial charge >= 0.3 is 0 Å². The molecular weight excluding hydrogens is 374 g/mol. The first-order chi connectivity index (χ1) is 12.9. The maximum atomic E-state index is 13.5. The molecule has 0 spiro atoms. The van der Waals surface area contributed by atoms with Gasteiger partial charge in [0.25, 0.3) is 0 Å². The first kappa shape index (κ1) is 18.0. The van der Waals surface area contributed by atoms with E-state index >= 15 is 0 Å². The highest BCUT2D eigenvalue weighted by Gasteiger charge is 2.35. The molecule has 2 aromatic heterocycles. The number of rotatable bonds is 4. The average Bonchev–Trinajstić information content (AvgIpc) is 3.25. The third-order valence-electron chi connectivity index (χ3n) is 4.89. The van der Waals surface area contributed by atoms with Gasteiger partial charge in [-0.15, -0.1) is 0 Å². The third-order valence-corrected chi connectivity index (χ3v) is 6.73. The highest BCUT2D eigenvalue weighted by atomic mass is 32.2. The second-order valence-corrected chi connectivity index (χ2v) is 8.47.